The first-order valence-electron chi connectivity index (χ1n) is 42.6. The zero-order chi connectivity index (χ0) is 85.2. The monoisotopic (exact) mass is 1400 g/mol. The second-order valence-corrected chi connectivity index (χ2v) is 28.7. The molecular formula is C84H70N4OPtSi-2. The van der Waals surface area contributed by atoms with Gasteiger partial charge in [-0.15, -0.1) is 29.7 Å². The van der Waals surface area contributed by atoms with Crippen LogP contribution in [0.3, 0.4) is 0 Å². The molecule has 0 bridgehead atoms. The molecule has 0 saturated heterocycles. The molecule has 15 rings (SSSR count). The Balaban J connectivity index is 0.0000114. The first-order chi connectivity index (χ1) is 54.7. The number of nitrogens with zero attached hydrogens (tertiary/aromatic N) is 4. The third-order valence-electron chi connectivity index (χ3n) is 16.5. The summed E-state index contributed by atoms with van der Waals surface area (Å²) >= 11 is 0. The number of fused-ring (bicyclic) bond motifs is 10. The van der Waals surface area contributed by atoms with Crippen molar-refractivity contribution >= 4 is 61.7 Å². The van der Waals surface area contributed by atoms with Crippen LogP contribution in [0.4, 0.5) is 0 Å². The van der Waals surface area contributed by atoms with Gasteiger partial charge >= 0.3 is 0 Å². The van der Waals surface area contributed by atoms with E-state index >= 15 is 0 Å². The Labute approximate surface area is 588 Å². The van der Waals surface area contributed by atoms with E-state index in [1.165, 1.54) is 16.7 Å². The van der Waals surface area contributed by atoms with Crippen molar-refractivity contribution in [2.45, 2.75) is 78.6 Å². The Bertz CT molecular complexity index is 6540. The van der Waals surface area contributed by atoms with Crippen LogP contribution >= 0.6 is 0 Å². The summed E-state index contributed by atoms with van der Waals surface area (Å²) in [5, 5.41) is -2.63. The van der Waals surface area contributed by atoms with Crippen molar-refractivity contribution in [3.05, 3.63) is 295 Å². The molecule has 14 aromatic rings. The smallest absolute Gasteiger partial charge is 0.268 e. The van der Waals surface area contributed by atoms with Gasteiger partial charge in [-0.1, -0.05) is 267 Å². The van der Waals surface area contributed by atoms with Crippen LogP contribution in [-0.2, 0) is 37.3 Å². The molecular weight excluding hydrogens is 1300 g/mol. The molecule has 4 heterocycles. The molecule has 11 aromatic carbocycles. The van der Waals surface area contributed by atoms with Crippen molar-refractivity contribution in [2.24, 2.45) is 0 Å². The third kappa shape index (κ3) is 10.2. The summed E-state index contributed by atoms with van der Waals surface area (Å²) in [5.74, 6) is 0.895. The largest absolute Gasteiger partial charge is 0.510 e. The van der Waals surface area contributed by atoms with Gasteiger partial charge in [0, 0.05) is 44.3 Å². The Morgan fingerprint density at radius 2 is 1.05 bits per heavy atom. The van der Waals surface area contributed by atoms with Crippen molar-refractivity contribution in [2.75, 3.05) is 0 Å². The minimum atomic E-state index is -6.49. The molecule has 0 atom stereocenters. The van der Waals surface area contributed by atoms with Crippen LogP contribution in [0.5, 0.6) is 11.5 Å². The minimum absolute atomic E-state index is 0. The summed E-state index contributed by atoms with van der Waals surface area (Å²) in [5.41, 5.74) is -0.858. The normalized spacial score (nSPS) is 16.5. The van der Waals surface area contributed by atoms with Gasteiger partial charge in [0.05, 0.1) is 53.7 Å². The van der Waals surface area contributed by atoms with Crippen LogP contribution in [0.2, 0.25) is 0 Å². The molecule has 0 unspecified atom stereocenters. The van der Waals surface area contributed by atoms with Gasteiger partial charge in [-0.05, 0) is 134 Å². The first kappa shape index (κ1) is 35.8. The number of ether oxygens (including phenoxy) is 1. The van der Waals surface area contributed by atoms with Crippen molar-refractivity contribution < 1.29 is 67.4 Å². The van der Waals surface area contributed by atoms with E-state index in [4.69, 9.17) is 13.8 Å². The predicted molar refractivity (Wildman–Crippen MR) is 375 cm³/mol. The van der Waals surface area contributed by atoms with Crippen molar-refractivity contribution in [3.8, 4) is 73.2 Å². The van der Waals surface area contributed by atoms with Crippen LogP contribution in [0.15, 0.2) is 260 Å². The van der Waals surface area contributed by atoms with Gasteiger partial charge in [-0.2, -0.15) is 18.2 Å². The van der Waals surface area contributed by atoms with E-state index < -0.39 is 225 Å². The molecule has 448 valence electrons. The van der Waals surface area contributed by atoms with Gasteiger partial charge in [0.25, 0.3) is 6.33 Å². The fourth-order valence-corrected chi connectivity index (χ4v) is 15.6. The van der Waals surface area contributed by atoms with Crippen LogP contribution < -0.4 is 30.1 Å². The fourth-order valence-electron chi connectivity index (χ4n) is 12.0. The predicted octanol–water partition coefficient (Wildman–Crippen LogP) is 17.8. The summed E-state index contributed by atoms with van der Waals surface area (Å²) in [7, 11) is -6.49. The van der Waals surface area contributed by atoms with Crippen molar-refractivity contribution in [1.29, 1.82) is 0 Å². The van der Waals surface area contributed by atoms with E-state index in [0.717, 1.165) is 21.9 Å². The molecule has 0 N–H and O–H groups in total. The maximum Gasteiger partial charge on any atom is 0.268 e. The van der Waals surface area contributed by atoms with E-state index in [9.17, 15) is 32.9 Å². The van der Waals surface area contributed by atoms with Gasteiger partial charge in [0.2, 0.25) is 0 Å². The third-order valence-corrected chi connectivity index (χ3v) is 20.5. The zero-order valence-corrected chi connectivity index (χ0v) is 54.0. The Hall–Kier alpha value is -9.45. The molecule has 7 heteroatoms. The number of imidazole rings is 1. The van der Waals surface area contributed by atoms with Gasteiger partial charge in [-0.3, -0.25) is 4.57 Å². The van der Waals surface area contributed by atoms with Crippen LogP contribution in [-0.4, -0.2) is 22.2 Å². The summed E-state index contributed by atoms with van der Waals surface area (Å²) in [6.45, 7) is 17.9. The SMILES string of the molecule is [2H]c1c([2H])c([2H])c([Si](c2c([2H])c([2H])c([2H])c([2H])c2[2H])(c2c([2H])c([2H])c([2H])c([2H])c2[2H])c2c([2H])c([2H])c([2H])c(-c3cc4c5c(c3)n(-c3[c-]c(Oc6[c-]c7c(cc6)c6ccccc6n7-c6cc(C(C)(C)C)ccn6)ccc3)[c-][n+]5-c3c(cc(C(C)(C)C)cc3C(C)(C)C)-c3c([2H])c([2H])c([2H])c([2H])c3-c3c([2H])c([2H])c([2H])c([2H])c3-4)c2[2H])c([2H])c1[2H].[Pt]. The molecule has 0 radical (unpaired) electrons. The Morgan fingerprint density at radius 3 is 1.68 bits per heavy atom. The molecule has 0 saturated carbocycles. The van der Waals surface area contributed by atoms with Gasteiger partial charge in [0.1, 0.15) is 5.82 Å². The second-order valence-electron chi connectivity index (χ2n) is 25.2. The molecule has 91 heavy (non-hydrogen) atoms. The van der Waals surface area contributed by atoms with E-state index in [-0.39, 0.29) is 82.6 Å². The Morgan fingerprint density at radius 1 is 0.473 bits per heavy atom. The number of pyridine rings is 1. The quantitative estimate of drug-likeness (QED) is 0.0625. The number of rotatable bonds is 9. The fraction of sp³-hybridized carbons (Fsp3) is 0.143. The number of hydrogen-bond donors (Lipinski definition) is 0. The summed E-state index contributed by atoms with van der Waals surface area (Å²) in [6, 6.07) is 5.21. The molecule has 1 aliphatic rings. The molecule has 1 aliphatic heterocycles. The maximum absolute atomic E-state index is 11.1. The second kappa shape index (κ2) is 22.8. The van der Waals surface area contributed by atoms with Crippen molar-refractivity contribution in [3.63, 3.8) is 0 Å². The van der Waals surface area contributed by atoms with Crippen LogP contribution in [0.1, 0.15) is 116 Å². The Kier molecular flexibility index (Phi) is 8.97. The number of benzene rings is 11. The van der Waals surface area contributed by atoms with E-state index in [1.807, 2.05) is 94.6 Å². The zero-order valence-electron chi connectivity index (χ0n) is 77.8. The minimum Gasteiger partial charge on any atom is -0.510 e. The van der Waals surface area contributed by atoms with E-state index in [1.54, 1.807) is 41.1 Å². The molecule has 0 aliphatic carbocycles. The number of hydrogen-bond acceptors (Lipinski definition) is 2. The first-order valence-corrected chi connectivity index (χ1v) is 31.1. The number of para-hydroxylation sites is 1. The standard InChI is InChI=1S/C84H70N4OSi.Pt/c1-82(2,3)58-45-46-85-79(52-58)88-76-42-24-23-41-71(76)72-44-43-62(54-77(72)88)89-61-29-26-28-60(53-61)86-55-87-80-74(50-59(83(4,5)6)51-75(80)84(7,8)9)70-40-22-20-38-68(70)67-37-19-21-39-69(67)73-48-57(49-78(86)81(73)87)56-27-25-36-66(47-56)90(63-30-13-10-14-31-63,64-32-15-11-16-33-64)65-34-17-12-18-35-65;/h10-52H,1-9H3;/q-2;/i10D,11D,12D,13D,14D,15D,16D,17D,18D,19D,20D,21D,22D,25D,27D,30D,31D,32D,33D,34D,35D,36D,37D,38D,39D,40D,47D;. The average Bonchev–Trinajstić information content (AvgIpc) is 0.801. The molecule has 0 fully saturated rings. The molecule has 5 nitrogen and oxygen atoms in total. The van der Waals surface area contributed by atoms with Crippen LogP contribution in [0.25, 0.3) is 94.5 Å². The summed E-state index contributed by atoms with van der Waals surface area (Å²) in [6.07, 6.45) is 5.30. The topological polar surface area (TPSA) is 35.9 Å². The van der Waals surface area contributed by atoms with Gasteiger partial charge in [-0.25, -0.2) is 4.98 Å². The van der Waals surface area contributed by atoms with E-state index in [0.29, 0.717) is 22.5 Å². The average molecular weight is 1400 g/mol. The summed E-state index contributed by atoms with van der Waals surface area (Å²) in [4.78, 5) is 4.84. The van der Waals surface area contributed by atoms with Crippen LogP contribution in [0, 0.1) is 18.5 Å². The molecule has 0 spiro atoms. The maximum atomic E-state index is 11.1. The van der Waals surface area contributed by atoms with Gasteiger partial charge < -0.3 is 13.9 Å². The van der Waals surface area contributed by atoms with Gasteiger partial charge in [0.15, 0.2) is 8.07 Å². The van der Waals surface area contributed by atoms with Crippen molar-refractivity contribution in [1.82, 2.24) is 14.1 Å². The summed E-state index contributed by atoms with van der Waals surface area (Å²) < 4.78 is 274. The molecule has 3 aromatic heterocycles. The molecule has 0 amide bonds. The van der Waals surface area contributed by atoms with E-state index in [2.05, 4.69) is 39.2 Å². The number of aromatic nitrogens is 4.